The number of hydrogen-bond acceptors (Lipinski definition) is 7. The molecular weight excluding hydrogens is 522 g/mol. The molecule has 0 bridgehead atoms. The molecule has 0 saturated carbocycles. The highest BCUT2D eigenvalue weighted by molar-refractivity contribution is 7.99. The van der Waals surface area contributed by atoms with Crippen molar-refractivity contribution in [3.63, 3.8) is 0 Å². The van der Waals surface area contributed by atoms with Gasteiger partial charge in [0.15, 0.2) is 0 Å². The Labute approximate surface area is 225 Å². The van der Waals surface area contributed by atoms with Gasteiger partial charge >= 0.3 is 6.09 Å². The molecule has 196 valence electrons. The third-order valence-corrected chi connectivity index (χ3v) is 9.14. The lowest BCUT2D eigenvalue weighted by Crippen LogP contribution is -2.46. The third kappa shape index (κ3) is 4.81. The molecule has 0 N–H and O–H groups in total. The van der Waals surface area contributed by atoms with Crippen LogP contribution in [0.2, 0.25) is 0 Å². The van der Waals surface area contributed by atoms with E-state index in [2.05, 4.69) is 4.98 Å². The number of carbonyl (C=O) groups excluding carboxylic acids is 2. The number of amides is 1. The molecule has 0 aliphatic carbocycles. The molecule has 8 nitrogen and oxygen atoms in total. The monoisotopic (exact) mass is 549 g/mol. The van der Waals surface area contributed by atoms with Crippen molar-refractivity contribution >= 4 is 44.6 Å². The van der Waals surface area contributed by atoms with Crippen LogP contribution in [-0.2, 0) is 14.8 Å². The summed E-state index contributed by atoms with van der Waals surface area (Å²) in [6, 6.07) is 19.2. The maximum atomic E-state index is 14.2. The number of aromatic nitrogens is 2. The van der Waals surface area contributed by atoms with E-state index in [1.165, 1.54) is 28.8 Å². The van der Waals surface area contributed by atoms with E-state index >= 15 is 0 Å². The van der Waals surface area contributed by atoms with E-state index in [1.54, 1.807) is 87.8 Å². The number of ether oxygens (including phenoxy) is 1. The Bertz CT molecular complexity index is 1600. The number of nitrogens with zero attached hydrogens (tertiary/aromatic N) is 3. The minimum absolute atomic E-state index is 0.0129. The zero-order valence-corrected chi connectivity index (χ0v) is 22.8. The lowest BCUT2D eigenvalue weighted by atomic mass is 10.1. The molecule has 1 amide bonds. The fourth-order valence-electron chi connectivity index (χ4n) is 4.45. The summed E-state index contributed by atoms with van der Waals surface area (Å²) >= 11 is 1.41. The first-order chi connectivity index (χ1) is 18.1. The van der Waals surface area contributed by atoms with Crippen LogP contribution in [0, 0.1) is 0 Å². The van der Waals surface area contributed by atoms with Crippen LogP contribution in [0.15, 0.2) is 90.1 Å². The largest absolute Gasteiger partial charge is 0.444 e. The average Bonchev–Trinajstić information content (AvgIpc) is 3.51. The number of carbonyl (C=O) groups is 2. The van der Waals surface area contributed by atoms with Gasteiger partial charge < -0.3 is 4.74 Å². The Morgan fingerprint density at radius 2 is 1.71 bits per heavy atom. The zero-order chi connectivity index (χ0) is 27.1. The summed E-state index contributed by atoms with van der Waals surface area (Å²) in [7, 11) is -4.12. The van der Waals surface area contributed by atoms with E-state index in [1.807, 2.05) is 6.07 Å². The summed E-state index contributed by atoms with van der Waals surface area (Å²) in [5, 5.41) is 0.0877. The van der Waals surface area contributed by atoms with E-state index < -0.39 is 38.9 Å². The predicted molar refractivity (Wildman–Crippen MR) is 147 cm³/mol. The summed E-state index contributed by atoms with van der Waals surface area (Å²) in [6.45, 7) is 5.27. The molecule has 3 heterocycles. The molecule has 1 aliphatic heterocycles. The highest BCUT2D eigenvalue weighted by Crippen LogP contribution is 2.43. The molecule has 2 aromatic carbocycles. The number of Topliss-reactive ketones (excluding diaryl/α,β-unsaturated/α-hetero) is 1. The molecule has 10 heteroatoms. The van der Waals surface area contributed by atoms with Crippen molar-refractivity contribution in [1.82, 2.24) is 13.9 Å². The lowest BCUT2D eigenvalue weighted by molar-refractivity contribution is 0.0172. The van der Waals surface area contributed by atoms with Gasteiger partial charge in [0.2, 0.25) is 5.78 Å². The van der Waals surface area contributed by atoms with Crippen LogP contribution in [0.3, 0.4) is 0 Å². The van der Waals surface area contributed by atoms with Gasteiger partial charge in [0.25, 0.3) is 10.0 Å². The summed E-state index contributed by atoms with van der Waals surface area (Å²) in [5.41, 5.74) is 0.332. The number of fused-ring (bicyclic) bond motifs is 1. The minimum Gasteiger partial charge on any atom is -0.444 e. The second kappa shape index (κ2) is 9.92. The van der Waals surface area contributed by atoms with Gasteiger partial charge in [-0.2, -0.15) is 0 Å². The molecule has 1 fully saturated rings. The molecule has 5 rings (SSSR count). The first kappa shape index (κ1) is 26.0. The fourth-order valence-corrected chi connectivity index (χ4v) is 7.39. The molecule has 0 radical (unpaired) electrons. The minimum atomic E-state index is -4.12. The first-order valence-corrected chi connectivity index (χ1v) is 14.5. The Kier molecular flexibility index (Phi) is 6.79. The molecular formula is C28H27N3O5S2. The predicted octanol–water partition coefficient (Wildman–Crippen LogP) is 5.51. The highest BCUT2D eigenvalue weighted by Gasteiger charge is 2.46. The normalized spacial score (nSPS) is 18.0. The molecule has 0 spiro atoms. The summed E-state index contributed by atoms with van der Waals surface area (Å²) < 4.78 is 34.4. The maximum absolute atomic E-state index is 14.2. The number of rotatable bonds is 5. The van der Waals surface area contributed by atoms with E-state index in [-0.39, 0.29) is 16.3 Å². The smallest absolute Gasteiger partial charge is 0.412 e. The fraction of sp³-hybridized carbons (Fsp3) is 0.250. The van der Waals surface area contributed by atoms with Gasteiger partial charge in [0.05, 0.1) is 10.4 Å². The quantitative estimate of drug-likeness (QED) is 0.303. The molecule has 4 aromatic rings. The second-order valence-electron chi connectivity index (χ2n) is 9.91. The van der Waals surface area contributed by atoms with Crippen molar-refractivity contribution in [2.24, 2.45) is 0 Å². The molecule has 2 unspecified atom stereocenters. The number of pyridine rings is 1. The summed E-state index contributed by atoms with van der Waals surface area (Å²) in [6.07, 6.45) is 2.64. The van der Waals surface area contributed by atoms with Crippen molar-refractivity contribution in [3.8, 4) is 0 Å². The molecule has 1 saturated heterocycles. The standard InChI is InChI=1S/C28H27N3O5S2/c1-28(2,3)36-27(33)30-24(18-37-26(30)20-11-9-15-29-17-20)25(32)23-16-19-10-7-8-14-22(19)31(23)38(34,35)21-12-5-4-6-13-21/h4-17,24,26H,18H2,1-3H3. The van der Waals surface area contributed by atoms with Gasteiger partial charge in [-0.3, -0.25) is 14.7 Å². The van der Waals surface area contributed by atoms with Gasteiger partial charge in [0, 0.05) is 29.1 Å². The van der Waals surface area contributed by atoms with Gasteiger partial charge in [0.1, 0.15) is 22.7 Å². The first-order valence-electron chi connectivity index (χ1n) is 12.1. The Hall–Kier alpha value is -3.63. The van der Waals surface area contributed by atoms with Gasteiger partial charge in [-0.05, 0) is 51.1 Å². The Morgan fingerprint density at radius 3 is 2.39 bits per heavy atom. The average molecular weight is 550 g/mol. The van der Waals surface area contributed by atoms with E-state index in [9.17, 15) is 18.0 Å². The van der Waals surface area contributed by atoms with Crippen LogP contribution in [0.25, 0.3) is 10.9 Å². The van der Waals surface area contributed by atoms with Gasteiger partial charge in [-0.25, -0.2) is 17.2 Å². The second-order valence-corrected chi connectivity index (χ2v) is 12.8. The summed E-state index contributed by atoms with van der Waals surface area (Å²) in [4.78, 5) is 33.3. The van der Waals surface area contributed by atoms with Crippen molar-refractivity contribution in [3.05, 3.63) is 96.4 Å². The van der Waals surface area contributed by atoms with Crippen LogP contribution in [0.5, 0.6) is 0 Å². The molecule has 2 aromatic heterocycles. The van der Waals surface area contributed by atoms with E-state index in [0.717, 1.165) is 9.54 Å². The molecule has 38 heavy (non-hydrogen) atoms. The Morgan fingerprint density at radius 1 is 1.00 bits per heavy atom. The number of hydrogen-bond donors (Lipinski definition) is 0. The van der Waals surface area contributed by atoms with E-state index in [4.69, 9.17) is 4.74 Å². The number of para-hydroxylation sites is 1. The number of thioether (sulfide) groups is 1. The van der Waals surface area contributed by atoms with Crippen molar-refractivity contribution in [1.29, 1.82) is 0 Å². The van der Waals surface area contributed by atoms with Crippen LogP contribution in [0.4, 0.5) is 4.79 Å². The topological polar surface area (TPSA) is 98.6 Å². The lowest BCUT2D eigenvalue weighted by Gasteiger charge is -2.31. The third-order valence-electron chi connectivity index (χ3n) is 6.08. The Balaban J connectivity index is 1.63. The number of benzene rings is 2. The summed E-state index contributed by atoms with van der Waals surface area (Å²) in [5.74, 6) is -0.213. The van der Waals surface area contributed by atoms with Crippen LogP contribution in [-0.4, -0.2) is 51.5 Å². The zero-order valence-electron chi connectivity index (χ0n) is 21.1. The molecule has 1 aliphatic rings. The van der Waals surface area contributed by atoms with Crippen LogP contribution < -0.4 is 0 Å². The SMILES string of the molecule is CC(C)(C)OC(=O)N1C(C(=O)c2cc3ccccc3n2S(=O)(=O)c2ccccc2)CSC1c1cccnc1. The number of ketones is 1. The van der Waals surface area contributed by atoms with Gasteiger partial charge in [-0.15, -0.1) is 11.8 Å². The van der Waals surface area contributed by atoms with Crippen molar-refractivity contribution < 1.29 is 22.7 Å². The molecule has 2 atom stereocenters. The maximum Gasteiger partial charge on any atom is 0.412 e. The van der Waals surface area contributed by atoms with E-state index in [0.29, 0.717) is 10.9 Å². The van der Waals surface area contributed by atoms with Gasteiger partial charge in [-0.1, -0.05) is 42.5 Å². The van der Waals surface area contributed by atoms with Crippen LogP contribution >= 0.6 is 11.8 Å². The highest BCUT2D eigenvalue weighted by atomic mass is 32.2. The van der Waals surface area contributed by atoms with Crippen molar-refractivity contribution in [2.75, 3.05) is 5.75 Å². The van der Waals surface area contributed by atoms with Crippen LogP contribution in [0.1, 0.15) is 42.2 Å². The van der Waals surface area contributed by atoms with Crippen molar-refractivity contribution in [2.45, 2.75) is 42.7 Å².